The summed E-state index contributed by atoms with van der Waals surface area (Å²) < 4.78 is 41.7. The smallest absolute Gasteiger partial charge is 0.260 e. The van der Waals surface area contributed by atoms with Gasteiger partial charge in [0.05, 0.1) is 18.3 Å². The van der Waals surface area contributed by atoms with Crippen LogP contribution in [0.5, 0.6) is 0 Å². The van der Waals surface area contributed by atoms with E-state index in [1.165, 1.54) is 33.4 Å². The summed E-state index contributed by atoms with van der Waals surface area (Å²) in [5, 5.41) is 14.1. The van der Waals surface area contributed by atoms with Crippen LogP contribution in [0.25, 0.3) is 0 Å². The Morgan fingerprint density at radius 3 is 2.65 bits per heavy atom. The zero-order valence-electron chi connectivity index (χ0n) is 12.6. The van der Waals surface area contributed by atoms with Gasteiger partial charge in [0.15, 0.2) is 5.03 Å². The summed E-state index contributed by atoms with van der Waals surface area (Å²) in [7, 11) is -3.80. The van der Waals surface area contributed by atoms with Crippen LogP contribution >= 0.6 is 0 Å². The molecule has 23 heavy (non-hydrogen) atoms. The molecule has 0 aliphatic carbocycles. The SMILES string of the molecule is CCn1nccc1S(=O)(=O)N1C[C@@H](O)C[C@@H]1c1ccc(F)cc1. The van der Waals surface area contributed by atoms with E-state index in [1.807, 2.05) is 6.92 Å². The highest BCUT2D eigenvalue weighted by molar-refractivity contribution is 7.89. The molecule has 124 valence electrons. The number of nitrogens with zero attached hydrogens (tertiary/aromatic N) is 3. The first kappa shape index (κ1) is 16.1. The van der Waals surface area contributed by atoms with E-state index >= 15 is 0 Å². The van der Waals surface area contributed by atoms with E-state index < -0.39 is 22.2 Å². The first-order chi connectivity index (χ1) is 10.9. The van der Waals surface area contributed by atoms with E-state index in [4.69, 9.17) is 0 Å². The first-order valence-corrected chi connectivity index (χ1v) is 8.84. The Kier molecular flexibility index (Phi) is 4.22. The molecule has 3 rings (SSSR count). The normalized spacial score (nSPS) is 22.6. The Balaban J connectivity index is 2.00. The second-order valence-electron chi connectivity index (χ2n) is 5.52. The van der Waals surface area contributed by atoms with Gasteiger partial charge in [-0.1, -0.05) is 12.1 Å². The Bertz CT molecular complexity index is 789. The van der Waals surface area contributed by atoms with Crippen molar-refractivity contribution in [2.24, 2.45) is 0 Å². The van der Waals surface area contributed by atoms with Crippen LogP contribution in [0, 0.1) is 5.82 Å². The van der Waals surface area contributed by atoms with Gasteiger partial charge in [-0.3, -0.25) is 4.68 Å². The van der Waals surface area contributed by atoms with Crippen molar-refractivity contribution in [2.45, 2.75) is 37.1 Å². The molecule has 1 aliphatic rings. The number of β-amino-alcohol motifs (C(OH)–C–C–N with tert-alkyl or cyclic N) is 1. The quantitative estimate of drug-likeness (QED) is 0.917. The van der Waals surface area contributed by atoms with Crippen molar-refractivity contribution in [3.8, 4) is 0 Å². The minimum absolute atomic E-state index is 0.0132. The van der Waals surface area contributed by atoms with Gasteiger partial charge in [0.2, 0.25) is 0 Å². The number of aliphatic hydroxyl groups excluding tert-OH is 1. The molecular weight excluding hydrogens is 321 g/mol. The maximum atomic E-state index is 13.1. The van der Waals surface area contributed by atoms with Crippen LogP contribution in [-0.4, -0.2) is 40.3 Å². The fourth-order valence-electron chi connectivity index (χ4n) is 2.93. The molecule has 0 bridgehead atoms. The van der Waals surface area contributed by atoms with E-state index in [0.717, 1.165) is 0 Å². The summed E-state index contributed by atoms with van der Waals surface area (Å²) in [5.41, 5.74) is 0.661. The maximum Gasteiger partial charge on any atom is 0.260 e. The molecule has 6 nitrogen and oxygen atoms in total. The Labute approximate surface area is 134 Å². The van der Waals surface area contributed by atoms with Gasteiger partial charge in [-0.15, -0.1) is 0 Å². The van der Waals surface area contributed by atoms with E-state index in [2.05, 4.69) is 5.10 Å². The van der Waals surface area contributed by atoms with Gasteiger partial charge >= 0.3 is 0 Å². The van der Waals surface area contributed by atoms with Crippen LogP contribution in [0.15, 0.2) is 41.6 Å². The van der Waals surface area contributed by atoms with E-state index in [9.17, 15) is 17.9 Å². The van der Waals surface area contributed by atoms with Crippen molar-refractivity contribution >= 4 is 10.0 Å². The molecule has 2 atom stereocenters. The van der Waals surface area contributed by atoms with E-state index in [-0.39, 0.29) is 23.8 Å². The molecule has 2 heterocycles. The minimum atomic E-state index is -3.80. The predicted octanol–water partition coefficient (Wildman–Crippen LogP) is 1.54. The van der Waals surface area contributed by atoms with Crippen LogP contribution in [0.3, 0.4) is 0 Å². The highest BCUT2D eigenvalue weighted by Gasteiger charge is 2.41. The summed E-state index contributed by atoms with van der Waals surface area (Å²) in [6, 6.07) is 6.62. The third kappa shape index (κ3) is 2.89. The van der Waals surface area contributed by atoms with Gasteiger partial charge < -0.3 is 5.11 Å². The Hall–Kier alpha value is -1.77. The standard InChI is InChI=1S/C15H18FN3O3S/c1-2-18-15(7-8-17-18)23(21,22)19-10-13(20)9-14(19)11-3-5-12(16)6-4-11/h3-8,13-14,20H,2,9-10H2,1H3/t13-,14+/m0/s1. The van der Waals surface area contributed by atoms with Crippen molar-refractivity contribution in [3.63, 3.8) is 0 Å². The summed E-state index contributed by atoms with van der Waals surface area (Å²) in [5.74, 6) is -0.384. The van der Waals surface area contributed by atoms with Gasteiger partial charge in [-0.05, 0) is 37.1 Å². The second kappa shape index (κ2) is 6.03. The highest BCUT2D eigenvalue weighted by Crippen LogP contribution is 2.36. The van der Waals surface area contributed by atoms with Gasteiger partial charge in [0.1, 0.15) is 5.82 Å². The molecule has 2 aromatic rings. The molecule has 1 aromatic carbocycles. The van der Waals surface area contributed by atoms with Crippen molar-refractivity contribution in [1.82, 2.24) is 14.1 Å². The third-order valence-corrected chi connectivity index (χ3v) is 5.93. The molecule has 1 N–H and O–H groups in total. The topological polar surface area (TPSA) is 75.4 Å². The zero-order valence-corrected chi connectivity index (χ0v) is 13.4. The van der Waals surface area contributed by atoms with Crippen LogP contribution in [0.1, 0.15) is 24.9 Å². The number of aliphatic hydroxyl groups is 1. The van der Waals surface area contributed by atoms with E-state index in [1.54, 1.807) is 12.1 Å². The number of hydrogen-bond acceptors (Lipinski definition) is 4. The fraction of sp³-hybridized carbons (Fsp3) is 0.400. The summed E-state index contributed by atoms with van der Waals surface area (Å²) in [4.78, 5) is 0. The molecule has 0 spiro atoms. The van der Waals surface area contributed by atoms with Gasteiger partial charge in [0, 0.05) is 13.1 Å². The molecule has 0 radical (unpaired) electrons. The van der Waals surface area contributed by atoms with Crippen LogP contribution in [0.4, 0.5) is 4.39 Å². The summed E-state index contributed by atoms with van der Waals surface area (Å²) in [6.07, 6.45) is 0.971. The average Bonchev–Trinajstić information content (AvgIpc) is 3.14. The minimum Gasteiger partial charge on any atom is -0.392 e. The summed E-state index contributed by atoms with van der Waals surface area (Å²) in [6.45, 7) is 2.25. The number of hydrogen-bond donors (Lipinski definition) is 1. The molecule has 8 heteroatoms. The molecule has 0 amide bonds. The highest BCUT2D eigenvalue weighted by atomic mass is 32.2. The lowest BCUT2D eigenvalue weighted by Crippen LogP contribution is -2.33. The molecule has 1 fully saturated rings. The van der Waals surface area contributed by atoms with Crippen molar-refractivity contribution < 1.29 is 17.9 Å². The van der Waals surface area contributed by atoms with E-state index in [0.29, 0.717) is 12.1 Å². The van der Waals surface area contributed by atoms with Gasteiger partial charge in [0.25, 0.3) is 10.0 Å². The van der Waals surface area contributed by atoms with Crippen molar-refractivity contribution in [1.29, 1.82) is 0 Å². The number of aryl methyl sites for hydroxylation is 1. The largest absolute Gasteiger partial charge is 0.392 e. The van der Waals surface area contributed by atoms with Crippen molar-refractivity contribution in [2.75, 3.05) is 6.54 Å². The predicted molar refractivity (Wildman–Crippen MR) is 81.6 cm³/mol. The lowest BCUT2D eigenvalue weighted by atomic mass is 10.0. The molecule has 1 aromatic heterocycles. The third-order valence-electron chi connectivity index (χ3n) is 4.04. The number of aromatic nitrogens is 2. The van der Waals surface area contributed by atoms with Crippen LogP contribution in [-0.2, 0) is 16.6 Å². The summed E-state index contributed by atoms with van der Waals surface area (Å²) >= 11 is 0. The maximum absolute atomic E-state index is 13.1. The van der Waals surface area contributed by atoms with Crippen LogP contribution < -0.4 is 0 Å². The van der Waals surface area contributed by atoms with Crippen LogP contribution in [0.2, 0.25) is 0 Å². The van der Waals surface area contributed by atoms with Crippen molar-refractivity contribution in [3.05, 3.63) is 47.9 Å². The zero-order chi connectivity index (χ0) is 16.6. The van der Waals surface area contributed by atoms with Gasteiger partial charge in [-0.25, -0.2) is 12.8 Å². The first-order valence-electron chi connectivity index (χ1n) is 7.40. The second-order valence-corrected chi connectivity index (χ2v) is 7.35. The Morgan fingerprint density at radius 2 is 2.00 bits per heavy atom. The molecule has 1 aliphatic heterocycles. The molecule has 0 unspecified atom stereocenters. The lowest BCUT2D eigenvalue weighted by molar-refractivity contribution is 0.188. The fourth-order valence-corrected chi connectivity index (χ4v) is 4.76. The number of sulfonamides is 1. The average molecular weight is 339 g/mol. The molecule has 0 saturated carbocycles. The molecular formula is C15H18FN3O3S. The number of benzene rings is 1. The lowest BCUT2D eigenvalue weighted by Gasteiger charge is -2.24. The number of halogens is 1. The molecule has 1 saturated heterocycles. The number of rotatable bonds is 4. The Morgan fingerprint density at radius 1 is 1.30 bits per heavy atom. The monoisotopic (exact) mass is 339 g/mol. The van der Waals surface area contributed by atoms with Gasteiger partial charge in [-0.2, -0.15) is 9.40 Å².